The molecule has 1 aliphatic rings. The number of carboxylic acids is 1. The van der Waals surface area contributed by atoms with Gasteiger partial charge in [0.2, 0.25) is 5.91 Å². The Labute approximate surface area is 101 Å². The number of nitrogens with one attached hydrogen (secondary N) is 2. The third-order valence-electron chi connectivity index (χ3n) is 2.92. The van der Waals surface area contributed by atoms with Crippen molar-refractivity contribution in [1.82, 2.24) is 10.6 Å². The van der Waals surface area contributed by atoms with Crippen LogP contribution in [0.3, 0.4) is 0 Å². The van der Waals surface area contributed by atoms with Crippen LogP contribution < -0.4 is 10.6 Å². The molecule has 6 nitrogen and oxygen atoms in total. The predicted octanol–water partition coefficient (Wildman–Crippen LogP) is -0.408. The van der Waals surface area contributed by atoms with Crippen molar-refractivity contribution in [2.24, 2.45) is 5.92 Å². The van der Waals surface area contributed by atoms with Crippen LogP contribution in [0.5, 0.6) is 0 Å². The molecule has 1 amide bonds. The number of amides is 1. The SMILES string of the molecule is COCCNCC(=O)N[C@H]1CC[C@@H](C(=O)O)C1. The maximum Gasteiger partial charge on any atom is 0.306 e. The van der Waals surface area contributed by atoms with Crippen LogP contribution in [0.25, 0.3) is 0 Å². The van der Waals surface area contributed by atoms with E-state index in [4.69, 9.17) is 9.84 Å². The van der Waals surface area contributed by atoms with Crippen molar-refractivity contribution in [3.05, 3.63) is 0 Å². The van der Waals surface area contributed by atoms with Gasteiger partial charge in [-0.15, -0.1) is 0 Å². The fraction of sp³-hybridized carbons (Fsp3) is 0.818. The lowest BCUT2D eigenvalue weighted by Crippen LogP contribution is -2.40. The molecule has 0 bridgehead atoms. The number of carbonyl (C=O) groups is 2. The first-order valence-electron chi connectivity index (χ1n) is 5.85. The molecule has 2 atom stereocenters. The van der Waals surface area contributed by atoms with Crippen molar-refractivity contribution < 1.29 is 19.4 Å². The summed E-state index contributed by atoms with van der Waals surface area (Å²) in [6.07, 6.45) is 1.94. The van der Waals surface area contributed by atoms with Crippen LogP contribution in [0, 0.1) is 5.92 Å². The molecule has 1 aliphatic carbocycles. The van der Waals surface area contributed by atoms with Crippen LogP contribution >= 0.6 is 0 Å². The lowest BCUT2D eigenvalue weighted by molar-refractivity contribution is -0.141. The molecule has 1 saturated carbocycles. The Bertz CT molecular complexity index is 270. The molecule has 17 heavy (non-hydrogen) atoms. The monoisotopic (exact) mass is 244 g/mol. The van der Waals surface area contributed by atoms with Gasteiger partial charge in [0.25, 0.3) is 0 Å². The highest BCUT2D eigenvalue weighted by Gasteiger charge is 2.30. The van der Waals surface area contributed by atoms with Gasteiger partial charge in [0.05, 0.1) is 19.1 Å². The Morgan fingerprint density at radius 3 is 2.76 bits per heavy atom. The van der Waals surface area contributed by atoms with Crippen LogP contribution in [0.4, 0.5) is 0 Å². The molecule has 0 radical (unpaired) electrons. The zero-order chi connectivity index (χ0) is 12.7. The van der Waals surface area contributed by atoms with Crippen molar-refractivity contribution in [3.63, 3.8) is 0 Å². The molecule has 0 aromatic carbocycles. The van der Waals surface area contributed by atoms with Gasteiger partial charge in [-0.3, -0.25) is 9.59 Å². The lowest BCUT2D eigenvalue weighted by Gasteiger charge is -2.12. The number of hydrogen-bond acceptors (Lipinski definition) is 4. The minimum atomic E-state index is -0.764. The van der Waals surface area contributed by atoms with Gasteiger partial charge in [-0.1, -0.05) is 0 Å². The largest absolute Gasteiger partial charge is 0.481 e. The number of carboxylic acid groups (broad SMARTS) is 1. The lowest BCUT2D eigenvalue weighted by atomic mass is 10.1. The number of ether oxygens (including phenoxy) is 1. The number of carbonyl (C=O) groups excluding carboxylic acids is 1. The molecular weight excluding hydrogens is 224 g/mol. The van der Waals surface area contributed by atoms with E-state index in [1.54, 1.807) is 7.11 Å². The van der Waals surface area contributed by atoms with E-state index in [0.29, 0.717) is 26.0 Å². The van der Waals surface area contributed by atoms with Crippen molar-refractivity contribution in [3.8, 4) is 0 Å². The summed E-state index contributed by atoms with van der Waals surface area (Å²) in [7, 11) is 1.60. The maximum absolute atomic E-state index is 11.5. The highest BCUT2D eigenvalue weighted by Crippen LogP contribution is 2.25. The highest BCUT2D eigenvalue weighted by atomic mass is 16.5. The van der Waals surface area contributed by atoms with Gasteiger partial charge in [-0.05, 0) is 19.3 Å². The second-order valence-corrected chi connectivity index (χ2v) is 4.28. The standard InChI is InChI=1S/C11H20N2O4/c1-17-5-4-12-7-10(14)13-9-3-2-8(6-9)11(15)16/h8-9,12H,2-7H2,1H3,(H,13,14)(H,15,16)/t8-,9+/m1/s1. The summed E-state index contributed by atoms with van der Waals surface area (Å²) in [4.78, 5) is 22.2. The molecule has 0 aromatic heterocycles. The summed E-state index contributed by atoms with van der Waals surface area (Å²) in [5, 5.41) is 14.6. The minimum Gasteiger partial charge on any atom is -0.481 e. The summed E-state index contributed by atoms with van der Waals surface area (Å²) in [6.45, 7) is 1.45. The molecule has 0 aliphatic heterocycles. The molecule has 1 rings (SSSR count). The molecule has 0 heterocycles. The molecule has 0 unspecified atom stereocenters. The average Bonchev–Trinajstić information content (AvgIpc) is 2.73. The maximum atomic E-state index is 11.5. The second-order valence-electron chi connectivity index (χ2n) is 4.28. The summed E-state index contributed by atoms with van der Waals surface area (Å²) < 4.78 is 4.84. The van der Waals surface area contributed by atoms with Gasteiger partial charge in [0, 0.05) is 19.7 Å². The van der Waals surface area contributed by atoms with Gasteiger partial charge in [-0.2, -0.15) is 0 Å². The van der Waals surface area contributed by atoms with Gasteiger partial charge >= 0.3 is 5.97 Å². The second kappa shape index (κ2) is 7.24. The van der Waals surface area contributed by atoms with Crippen molar-refractivity contribution >= 4 is 11.9 Å². The number of methoxy groups -OCH3 is 1. The smallest absolute Gasteiger partial charge is 0.306 e. The highest BCUT2D eigenvalue weighted by molar-refractivity contribution is 5.78. The zero-order valence-corrected chi connectivity index (χ0v) is 10.1. The number of aliphatic carboxylic acids is 1. The third-order valence-corrected chi connectivity index (χ3v) is 2.92. The van der Waals surface area contributed by atoms with Gasteiger partial charge in [0.15, 0.2) is 0 Å². The molecule has 1 fully saturated rings. The zero-order valence-electron chi connectivity index (χ0n) is 10.1. The quantitative estimate of drug-likeness (QED) is 0.530. The first-order valence-corrected chi connectivity index (χ1v) is 5.85. The first-order chi connectivity index (χ1) is 8.13. The Kier molecular flexibility index (Phi) is 5.93. The Morgan fingerprint density at radius 2 is 2.18 bits per heavy atom. The fourth-order valence-electron chi connectivity index (χ4n) is 1.99. The summed E-state index contributed by atoms with van der Waals surface area (Å²) in [5.74, 6) is -1.15. The van der Waals surface area contributed by atoms with Crippen LogP contribution in [0.15, 0.2) is 0 Å². The van der Waals surface area contributed by atoms with Crippen LogP contribution in [-0.4, -0.2) is 49.8 Å². The molecule has 3 N–H and O–H groups in total. The first kappa shape index (κ1) is 13.9. The van der Waals surface area contributed by atoms with E-state index in [1.807, 2.05) is 0 Å². The molecule has 0 aromatic rings. The van der Waals surface area contributed by atoms with Gasteiger partial charge < -0.3 is 20.5 Å². The Hall–Kier alpha value is -1.14. The van der Waals surface area contributed by atoms with Crippen molar-refractivity contribution in [2.45, 2.75) is 25.3 Å². The summed E-state index contributed by atoms with van der Waals surface area (Å²) in [6, 6.07) is 0.00725. The average molecular weight is 244 g/mol. The Morgan fingerprint density at radius 1 is 1.41 bits per heavy atom. The van der Waals surface area contributed by atoms with Crippen LogP contribution in [0.1, 0.15) is 19.3 Å². The van der Waals surface area contributed by atoms with E-state index >= 15 is 0 Å². The predicted molar refractivity (Wildman–Crippen MR) is 61.7 cm³/mol. The topological polar surface area (TPSA) is 87.7 Å². The van der Waals surface area contributed by atoms with E-state index in [9.17, 15) is 9.59 Å². The molecular formula is C11H20N2O4. The molecule has 6 heteroatoms. The number of hydrogen-bond donors (Lipinski definition) is 3. The van der Waals surface area contributed by atoms with Crippen molar-refractivity contribution in [1.29, 1.82) is 0 Å². The van der Waals surface area contributed by atoms with E-state index in [1.165, 1.54) is 0 Å². The van der Waals surface area contributed by atoms with Gasteiger partial charge in [0.1, 0.15) is 0 Å². The molecule has 98 valence electrons. The molecule has 0 saturated heterocycles. The van der Waals surface area contributed by atoms with E-state index in [2.05, 4.69) is 10.6 Å². The minimum absolute atomic E-state index is 0.00725. The van der Waals surface area contributed by atoms with E-state index < -0.39 is 5.97 Å². The van der Waals surface area contributed by atoms with Crippen LogP contribution in [-0.2, 0) is 14.3 Å². The normalized spacial score (nSPS) is 23.6. The molecule has 0 spiro atoms. The Balaban J connectivity index is 2.13. The third kappa shape index (κ3) is 5.14. The van der Waals surface area contributed by atoms with E-state index in [0.717, 1.165) is 6.42 Å². The summed E-state index contributed by atoms with van der Waals surface area (Å²) >= 11 is 0. The number of rotatable bonds is 7. The van der Waals surface area contributed by atoms with Crippen molar-refractivity contribution in [2.75, 3.05) is 26.8 Å². The van der Waals surface area contributed by atoms with E-state index in [-0.39, 0.29) is 24.4 Å². The van der Waals surface area contributed by atoms with Gasteiger partial charge in [-0.25, -0.2) is 0 Å². The summed E-state index contributed by atoms with van der Waals surface area (Å²) in [5.41, 5.74) is 0. The fourth-order valence-corrected chi connectivity index (χ4v) is 1.99. The van der Waals surface area contributed by atoms with Crippen LogP contribution in [0.2, 0.25) is 0 Å².